The molecule has 0 spiro atoms. The molecule has 2 heterocycles. The Bertz CT molecular complexity index is 909. The maximum atomic E-state index is 9.97. The molecule has 0 aliphatic carbocycles. The molecule has 0 unspecified atom stereocenters. The van der Waals surface area contributed by atoms with E-state index in [1.54, 1.807) is 10.7 Å². The predicted molar refractivity (Wildman–Crippen MR) is 96.5 cm³/mol. The molecule has 7 nitrogen and oxygen atoms in total. The van der Waals surface area contributed by atoms with Gasteiger partial charge in [0.2, 0.25) is 6.41 Å². The summed E-state index contributed by atoms with van der Waals surface area (Å²) in [6.07, 6.45) is 0.250. The van der Waals surface area contributed by atoms with Gasteiger partial charge in [0, 0.05) is 11.1 Å². The molecule has 0 saturated heterocycles. The SMILES string of the molecule is Cc1ccc(-c2nn(-c3c(C)ccc(O)c3C)c(N)c2C)o1.NC=O. The molecule has 7 heteroatoms. The standard InChI is InChI=1S/C17H19N3O2.CH3NO/c1-9-5-7-13(21)11(3)16(9)20-17(18)12(4)15(19-20)14-8-6-10(2)22-14;2-1-3/h5-8,21H,18H2,1-4H3;1H,(H2,2,3). The smallest absolute Gasteiger partial charge is 0.204 e. The van der Waals surface area contributed by atoms with E-state index in [1.807, 2.05) is 45.9 Å². The minimum Gasteiger partial charge on any atom is -0.508 e. The number of phenolic OH excluding ortho intramolecular Hbond substituents is 1. The first-order chi connectivity index (χ1) is 11.8. The lowest BCUT2D eigenvalue weighted by Crippen LogP contribution is -2.06. The molecule has 0 aliphatic heterocycles. The van der Waals surface area contributed by atoms with E-state index in [-0.39, 0.29) is 12.2 Å². The van der Waals surface area contributed by atoms with Crippen LogP contribution in [0.2, 0.25) is 0 Å². The molecule has 0 atom stereocenters. The van der Waals surface area contributed by atoms with Gasteiger partial charge in [-0.2, -0.15) is 5.10 Å². The molecule has 1 amide bonds. The number of primary amides is 1. The number of aromatic hydroxyl groups is 1. The number of hydrogen-bond acceptors (Lipinski definition) is 5. The van der Waals surface area contributed by atoms with Crippen molar-refractivity contribution in [3.05, 3.63) is 46.7 Å². The van der Waals surface area contributed by atoms with E-state index in [9.17, 15) is 5.11 Å². The molecule has 0 radical (unpaired) electrons. The molecular formula is C18H22N4O3. The summed E-state index contributed by atoms with van der Waals surface area (Å²) in [7, 11) is 0. The number of aryl methyl sites for hydroxylation is 2. The molecule has 0 fully saturated rings. The highest BCUT2D eigenvalue weighted by Gasteiger charge is 2.20. The third kappa shape index (κ3) is 3.35. The van der Waals surface area contributed by atoms with Crippen molar-refractivity contribution >= 4 is 12.2 Å². The zero-order valence-electron chi connectivity index (χ0n) is 14.7. The predicted octanol–water partition coefficient (Wildman–Crippen LogP) is 2.76. The number of phenols is 1. The number of carbonyl (C=O) groups is 1. The van der Waals surface area contributed by atoms with Crippen LogP contribution in [0.1, 0.15) is 22.5 Å². The Labute approximate surface area is 145 Å². The zero-order valence-corrected chi connectivity index (χ0v) is 14.7. The molecule has 3 aromatic rings. The first-order valence-electron chi connectivity index (χ1n) is 7.68. The van der Waals surface area contributed by atoms with Gasteiger partial charge in [-0.05, 0) is 51.5 Å². The fourth-order valence-electron chi connectivity index (χ4n) is 2.63. The average Bonchev–Trinajstić information content (AvgIpc) is 3.11. The van der Waals surface area contributed by atoms with Crippen molar-refractivity contribution in [3.63, 3.8) is 0 Å². The summed E-state index contributed by atoms with van der Waals surface area (Å²) in [6, 6.07) is 7.31. The second-order valence-corrected chi connectivity index (χ2v) is 5.69. The van der Waals surface area contributed by atoms with Gasteiger partial charge >= 0.3 is 0 Å². The Morgan fingerprint density at radius 3 is 2.32 bits per heavy atom. The largest absolute Gasteiger partial charge is 0.508 e. The monoisotopic (exact) mass is 342 g/mol. The van der Waals surface area contributed by atoms with Crippen LogP contribution in [0.25, 0.3) is 17.1 Å². The van der Waals surface area contributed by atoms with E-state index in [0.717, 1.165) is 28.1 Å². The van der Waals surface area contributed by atoms with Crippen molar-refractivity contribution in [3.8, 4) is 22.9 Å². The lowest BCUT2D eigenvalue weighted by molar-refractivity contribution is -0.106. The van der Waals surface area contributed by atoms with Crippen molar-refractivity contribution in [2.24, 2.45) is 5.73 Å². The van der Waals surface area contributed by atoms with Gasteiger partial charge in [0.15, 0.2) is 5.76 Å². The van der Waals surface area contributed by atoms with E-state index in [2.05, 4.69) is 10.8 Å². The molecule has 3 rings (SSSR count). The topological polar surface area (TPSA) is 120 Å². The number of rotatable bonds is 2. The summed E-state index contributed by atoms with van der Waals surface area (Å²) < 4.78 is 7.33. The van der Waals surface area contributed by atoms with Crippen LogP contribution < -0.4 is 11.5 Å². The fourth-order valence-corrected chi connectivity index (χ4v) is 2.63. The van der Waals surface area contributed by atoms with E-state index in [1.165, 1.54) is 0 Å². The third-order valence-electron chi connectivity index (χ3n) is 3.96. The van der Waals surface area contributed by atoms with Gasteiger partial charge in [-0.1, -0.05) is 6.07 Å². The van der Waals surface area contributed by atoms with Gasteiger partial charge in [-0.25, -0.2) is 4.68 Å². The molecule has 0 bridgehead atoms. The number of nitrogens with zero attached hydrogens (tertiary/aromatic N) is 2. The lowest BCUT2D eigenvalue weighted by atomic mass is 10.1. The molecule has 5 N–H and O–H groups in total. The van der Waals surface area contributed by atoms with Gasteiger partial charge in [0.05, 0.1) is 5.69 Å². The van der Waals surface area contributed by atoms with Crippen LogP contribution in [0, 0.1) is 27.7 Å². The van der Waals surface area contributed by atoms with Gasteiger partial charge in [-0.15, -0.1) is 0 Å². The van der Waals surface area contributed by atoms with Crippen molar-refractivity contribution in [1.29, 1.82) is 0 Å². The number of anilines is 1. The Kier molecular flexibility index (Phi) is 5.17. The third-order valence-corrected chi connectivity index (χ3v) is 3.96. The van der Waals surface area contributed by atoms with Crippen LogP contribution >= 0.6 is 0 Å². The number of aromatic nitrogens is 2. The first kappa shape index (κ1) is 18.1. The van der Waals surface area contributed by atoms with Crippen LogP contribution in [0.3, 0.4) is 0 Å². The molecule has 132 valence electrons. The maximum absolute atomic E-state index is 9.97. The lowest BCUT2D eigenvalue weighted by Gasteiger charge is -2.12. The van der Waals surface area contributed by atoms with Crippen LogP contribution in [-0.4, -0.2) is 21.3 Å². The Balaban J connectivity index is 0.000000701. The summed E-state index contributed by atoms with van der Waals surface area (Å²) in [6.45, 7) is 7.63. The molecule has 1 aromatic carbocycles. The highest BCUT2D eigenvalue weighted by molar-refractivity contribution is 5.67. The molecule has 25 heavy (non-hydrogen) atoms. The highest BCUT2D eigenvalue weighted by atomic mass is 16.3. The summed E-state index contributed by atoms with van der Waals surface area (Å²) in [4.78, 5) is 8.58. The van der Waals surface area contributed by atoms with Gasteiger partial charge in [0.1, 0.15) is 23.0 Å². The highest BCUT2D eigenvalue weighted by Crippen LogP contribution is 2.33. The van der Waals surface area contributed by atoms with E-state index in [4.69, 9.17) is 14.9 Å². The van der Waals surface area contributed by atoms with E-state index >= 15 is 0 Å². The summed E-state index contributed by atoms with van der Waals surface area (Å²) in [5.41, 5.74) is 14.5. The van der Waals surface area contributed by atoms with Crippen LogP contribution in [-0.2, 0) is 4.79 Å². The van der Waals surface area contributed by atoms with Gasteiger partial charge in [-0.3, -0.25) is 4.79 Å². The maximum Gasteiger partial charge on any atom is 0.204 e. The van der Waals surface area contributed by atoms with Crippen molar-refractivity contribution in [1.82, 2.24) is 9.78 Å². The average molecular weight is 342 g/mol. The van der Waals surface area contributed by atoms with Crippen molar-refractivity contribution in [2.45, 2.75) is 27.7 Å². The fraction of sp³-hybridized carbons (Fsp3) is 0.222. The number of carbonyl (C=O) groups excluding carboxylic acids is 1. The first-order valence-corrected chi connectivity index (χ1v) is 7.68. The number of nitrogens with two attached hydrogens (primary N) is 2. The second-order valence-electron chi connectivity index (χ2n) is 5.69. The van der Waals surface area contributed by atoms with E-state index in [0.29, 0.717) is 17.3 Å². The van der Waals surface area contributed by atoms with Crippen LogP contribution in [0.4, 0.5) is 5.82 Å². The Morgan fingerprint density at radius 1 is 1.12 bits per heavy atom. The van der Waals surface area contributed by atoms with Crippen LogP contribution in [0.15, 0.2) is 28.7 Å². The van der Waals surface area contributed by atoms with Crippen molar-refractivity contribution < 1.29 is 14.3 Å². The number of nitrogen functional groups attached to an aromatic ring is 1. The minimum absolute atomic E-state index is 0.226. The Morgan fingerprint density at radius 2 is 1.76 bits per heavy atom. The molecule has 2 aromatic heterocycles. The number of benzene rings is 1. The minimum atomic E-state index is 0.226. The number of furan rings is 1. The van der Waals surface area contributed by atoms with Gasteiger partial charge in [0.25, 0.3) is 0 Å². The quantitative estimate of drug-likeness (QED) is 0.618. The summed E-state index contributed by atoms with van der Waals surface area (Å²) in [5, 5.41) is 14.6. The van der Waals surface area contributed by atoms with Gasteiger partial charge < -0.3 is 21.0 Å². The molecular weight excluding hydrogens is 320 g/mol. The zero-order chi connectivity index (χ0) is 18.7. The molecule has 0 aliphatic rings. The summed E-state index contributed by atoms with van der Waals surface area (Å²) >= 11 is 0. The van der Waals surface area contributed by atoms with Crippen molar-refractivity contribution in [2.75, 3.05) is 5.73 Å². The number of hydrogen-bond donors (Lipinski definition) is 3. The normalized spacial score (nSPS) is 10.2. The second kappa shape index (κ2) is 7.12. The van der Waals surface area contributed by atoms with E-state index < -0.39 is 0 Å². The van der Waals surface area contributed by atoms with Crippen LogP contribution in [0.5, 0.6) is 5.75 Å². The number of amides is 1. The summed E-state index contributed by atoms with van der Waals surface area (Å²) in [5.74, 6) is 2.28. The molecule has 0 saturated carbocycles. The Hall–Kier alpha value is -3.22.